The van der Waals surface area contributed by atoms with E-state index in [1.165, 1.54) is 0 Å². The molecule has 2 aromatic heterocycles. The summed E-state index contributed by atoms with van der Waals surface area (Å²) in [7, 11) is 0. The number of halogens is 1. The first-order chi connectivity index (χ1) is 10.2. The van der Waals surface area contributed by atoms with Gasteiger partial charge >= 0.3 is 5.69 Å². The lowest BCUT2D eigenvalue weighted by atomic mass is 10.0. The van der Waals surface area contributed by atoms with Gasteiger partial charge in [0.1, 0.15) is 11.3 Å². The molecule has 0 saturated carbocycles. The van der Waals surface area contributed by atoms with E-state index in [4.69, 9.17) is 4.42 Å². The number of aromatic amines is 1. The van der Waals surface area contributed by atoms with Gasteiger partial charge in [0.25, 0.3) is 0 Å². The molecule has 3 aromatic rings. The maximum absolute atomic E-state index is 11.9. The Kier molecular flexibility index (Phi) is 2.82. The standard InChI is InChI=1S/C16H11BrN2O2/c17-10-6-7-12-11(8-10)14-15(21-12)13(18-16(20)19-14)9-4-2-1-3-5-9/h2,4-8H,1,3H2,(H,18,19,20). The van der Waals surface area contributed by atoms with Crippen molar-refractivity contribution in [1.29, 1.82) is 0 Å². The summed E-state index contributed by atoms with van der Waals surface area (Å²) in [6.07, 6.45) is 8.14. The number of furan rings is 1. The molecule has 0 atom stereocenters. The van der Waals surface area contributed by atoms with Crippen molar-refractivity contribution in [2.45, 2.75) is 12.8 Å². The van der Waals surface area contributed by atoms with Crippen LogP contribution in [-0.4, -0.2) is 9.97 Å². The van der Waals surface area contributed by atoms with E-state index in [-0.39, 0.29) is 5.69 Å². The highest BCUT2D eigenvalue weighted by Crippen LogP contribution is 2.33. The molecule has 0 spiro atoms. The Bertz CT molecular complexity index is 979. The molecule has 104 valence electrons. The molecule has 0 fully saturated rings. The lowest BCUT2D eigenvalue weighted by Crippen LogP contribution is -2.12. The summed E-state index contributed by atoms with van der Waals surface area (Å²) in [5.41, 5.74) is 3.24. The Morgan fingerprint density at radius 1 is 1.29 bits per heavy atom. The monoisotopic (exact) mass is 342 g/mol. The van der Waals surface area contributed by atoms with Gasteiger partial charge < -0.3 is 9.40 Å². The Morgan fingerprint density at radius 2 is 2.19 bits per heavy atom. The minimum atomic E-state index is -0.361. The van der Waals surface area contributed by atoms with Gasteiger partial charge in [0.2, 0.25) is 0 Å². The number of nitrogens with one attached hydrogen (secondary N) is 1. The summed E-state index contributed by atoms with van der Waals surface area (Å²) >= 11 is 3.44. The van der Waals surface area contributed by atoms with Crippen molar-refractivity contribution < 1.29 is 4.42 Å². The minimum Gasteiger partial charge on any atom is -0.452 e. The van der Waals surface area contributed by atoms with Gasteiger partial charge in [-0.25, -0.2) is 4.79 Å². The molecule has 1 aromatic carbocycles. The Labute approximate surface area is 128 Å². The third-order valence-corrected chi connectivity index (χ3v) is 4.07. The minimum absolute atomic E-state index is 0.361. The van der Waals surface area contributed by atoms with Crippen molar-refractivity contribution in [1.82, 2.24) is 9.97 Å². The van der Waals surface area contributed by atoms with Crippen LogP contribution in [0.15, 0.2) is 50.1 Å². The first kappa shape index (κ1) is 12.6. The number of rotatable bonds is 1. The van der Waals surface area contributed by atoms with E-state index < -0.39 is 0 Å². The van der Waals surface area contributed by atoms with Gasteiger partial charge in [0.15, 0.2) is 5.58 Å². The molecule has 0 bridgehead atoms. The zero-order chi connectivity index (χ0) is 14.4. The van der Waals surface area contributed by atoms with Gasteiger partial charge in [-0.3, -0.25) is 0 Å². The summed E-state index contributed by atoms with van der Waals surface area (Å²) in [6.45, 7) is 0. The zero-order valence-electron chi connectivity index (χ0n) is 11.0. The van der Waals surface area contributed by atoms with Gasteiger partial charge in [-0.15, -0.1) is 0 Å². The van der Waals surface area contributed by atoms with Crippen LogP contribution in [0.2, 0.25) is 0 Å². The van der Waals surface area contributed by atoms with Crippen LogP contribution in [0.3, 0.4) is 0 Å². The molecule has 0 aliphatic heterocycles. The number of hydrogen-bond acceptors (Lipinski definition) is 3. The molecule has 0 amide bonds. The number of nitrogens with zero attached hydrogens (tertiary/aromatic N) is 1. The topological polar surface area (TPSA) is 58.9 Å². The number of aromatic nitrogens is 2. The van der Waals surface area contributed by atoms with Crippen molar-refractivity contribution in [3.63, 3.8) is 0 Å². The quantitative estimate of drug-likeness (QED) is 0.722. The largest absolute Gasteiger partial charge is 0.452 e. The van der Waals surface area contributed by atoms with E-state index in [2.05, 4.69) is 38.0 Å². The SMILES string of the molecule is O=c1nc(C2=CCCC=C2)c2oc3ccc(Br)cc3c2[nH]1. The molecule has 0 radical (unpaired) electrons. The number of H-pyrrole nitrogens is 1. The van der Waals surface area contributed by atoms with Gasteiger partial charge in [0, 0.05) is 9.86 Å². The molecule has 21 heavy (non-hydrogen) atoms. The van der Waals surface area contributed by atoms with E-state index in [1.54, 1.807) is 0 Å². The van der Waals surface area contributed by atoms with Crippen molar-refractivity contribution in [3.8, 4) is 0 Å². The van der Waals surface area contributed by atoms with E-state index in [9.17, 15) is 4.79 Å². The molecule has 0 saturated heterocycles. The molecule has 2 heterocycles. The Morgan fingerprint density at radius 3 is 3.00 bits per heavy atom. The van der Waals surface area contributed by atoms with Crippen LogP contribution < -0.4 is 5.69 Å². The number of allylic oxidation sites excluding steroid dienone is 4. The average Bonchev–Trinajstić information content (AvgIpc) is 2.85. The number of benzene rings is 1. The maximum Gasteiger partial charge on any atom is 0.346 e. The molecular weight excluding hydrogens is 332 g/mol. The highest BCUT2D eigenvalue weighted by atomic mass is 79.9. The fourth-order valence-corrected chi connectivity index (χ4v) is 2.99. The fraction of sp³-hybridized carbons (Fsp3) is 0.125. The van der Waals surface area contributed by atoms with Crippen molar-refractivity contribution in [2.24, 2.45) is 0 Å². The zero-order valence-corrected chi connectivity index (χ0v) is 12.6. The second-order valence-electron chi connectivity index (χ2n) is 4.98. The van der Waals surface area contributed by atoms with Crippen molar-refractivity contribution in [3.05, 3.63) is 57.1 Å². The highest BCUT2D eigenvalue weighted by Gasteiger charge is 2.16. The Hall–Kier alpha value is -2.14. The Balaban J connectivity index is 2.12. The first-order valence-corrected chi connectivity index (χ1v) is 7.51. The second kappa shape index (κ2) is 4.70. The summed E-state index contributed by atoms with van der Waals surface area (Å²) in [4.78, 5) is 18.8. The summed E-state index contributed by atoms with van der Waals surface area (Å²) in [6, 6.07) is 5.73. The maximum atomic E-state index is 11.9. The third-order valence-electron chi connectivity index (χ3n) is 3.58. The lowest BCUT2D eigenvalue weighted by molar-refractivity contribution is 0.663. The third kappa shape index (κ3) is 2.05. The summed E-state index contributed by atoms with van der Waals surface area (Å²) < 4.78 is 6.86. The van der Waals surface area contributed by atoms with Crippen molar-refractivity contribution >= 4 is 43.6 Å². The highest BCUT2D eigenvalue weighted by molar-refractivity contribution is 9.10. The van der Waals surface area contributed by atoms with Gasteiger partial charge in [-0.2, -0.15) is 4.98 Å². The van der Waals surface area contributed by atoms with E-state index in [1.807, 2.05) is 24.3 Å². The second-order valence-corrected chi connectivity index (χ2v) is 5.89. The van der Waals surface area contributed by atoms with E-state index in [0.29, 0.717) is 16.8 Å². The van der Waals surface area contributed by atoms with Gasteiger partial charge in [0.05, 0.1) is 5.52 Å². The molecule has 4 nitrogen and oxygen atoms in total. The molecule has 5 heteroatoms. The van der Waals surface area contributed by atoms with Crippen LogP contribution >= 0.6 is 15.9 Å². The van der Waals surface area contributed by atoms with E-state index in [0.717, 1.165) is 33.9 Å². The molecule has 1 aliphatic carbocycles. The predicted octanol–water partition coefficient (Wildman–Crippen LogP) is 4.17. The van der Waals surface area contributed by atoms with Crippen LogP contribution in [0.1, 0.15) is 18.5 Å². The summed E-state index contributed by atoms with van der Waals surface area (Å²) in [5, 5.41) is 0.875. The predicted molar refractivity (Wildman–Crippen MR) is 86.2 cm³/mol. The molecule has 4 rings (SSSR count). The van der Waals surface area contributed by atoms with Gasteiger partial charge in [-0.1, -0.05) is 34.2 Å². The fourth-order valence-electron chi connectivity index (χ4n) is 2.63. The number of hydrogen-bond donors (Lipinski definition) is 1. The van der Waals surface area contributed by atoms with E-state index >= 15 is 0 Å². The lowest BCUT2D eigenvalue weighted by Gasteiger charge is -2.05. The molecule has 0 unspecified atom stereocenters. The molecule has 1 N–H and O–H groups in total. The molecular formula is C16H11BrN2O2. The van der Waals surface area contributed by atoms with Crippen LogP contribution in [0, 0.1) is 0 Å². The van der Waals surface area contributed by atoms with Crippen LogP contribution in [-0.2, 0) is 0 Å². The van der Waals surface area contributed by atoms with Crippen molar-refractivity contribution in [2.75, 3.05) is 0 Å². The van der Waals surface area contributed by atoms with Gasteiger partial charge in [-0.05, 0) is 36.6 Å². The van der Waals surface area contributed by atoms with Crippen LogP contribution in [0.4, 0.5) is 0 Å². The molecule has 1 aliphatic rings. The first-order valence-electron chi connectivity index (χ1n) is 6.71. The van der Waals surface area contributed by atoms with Crippen LogP contribution in [0.25, 0.3) is 27.6 Å². The number of fused-ring (bicyclic) bond motifs is 3. The van der Waals surface area contributed by atoms with Crippen LogP contribution in [0.5, 0.6) is 0 Å². The normalized spacial score (nSPS) is 14.8. The summed E-state index contributed by atoms with van der Waals surface area (Å²) in [5.74, 6) is 0. The smallest absolute Gasteiger partial charge is 0.346 e. The average molecular weight is 343 g/mol.